The fourth-order valence-electron chi connectivity index (χ4n) is 2.77. The highest BCUT2D eigenvalue weighted by atomic mass is 32.2. The molecule has 0 fully saturated rings. The van der Waals surface area contributed by atoms with Gasteiger partial charge < -0.3 is 10.3 Å². The number of aryl methyl sites for hydroxylation is 2. The Labute approximate surface area is 171 Å². The summed E-state index contributed by atoms with van der Waals surface area (Å²) in [5.74, 6) is 0.823. The van der Waals surface area contributed by atoms with Crippen molar-refractivity contribution in [2.45, 2.75) is 32.9 Å². The molecule has 28 heavy (non-hydrogen) atoms. The second kappa shape index (κ2) is 9.11. The first kappa shape index (κ1) is 20.2. The van der Waals surface area contributed by atoms with E-state index in [4.69, 9.17) is 4.98 Å². The maximum atomic E-state index is 12.1. The highest BCUT2D eigenvalue weighted by Gasteiger charge is 2.15. The third-order valence-corrected chi connectivity index (χ3v) is 5.27. The zero-order chi connectivity index (χ0) is 20.1. The first-order valence-corrected chi connectivity index (χ1v) is 10.5. The second-order valence-corrected chi connectivity index (χ2v) is 8.45. The van der Waals surface area contributed by atoms with Gasteiger partial charge in [-0.05, 0) is 19.8 Å². The van der Waals surface area contributed by atoms with E-state index in [9.17, 15) is 4.79 Å². The largest absolute Gasteiger partial charge is 0.355 e. The van der Waals surface area contributed by atoms with Gasteiger partial charge >= 0.3 is 0 Å². The van der Waals surface area contributed by atoms with Crippen LogP contribution < -0.4 is 5.32 Å². The average Bonchev–Trinajstić information content (AvgIpc) is 3.10. The number of carbonyl (C=O) groups excluding carboxylic acids is 1. The molecule has 0 atom stereocenters. The molecule has 0 spiro atoms. The summed E-state index contributed by atoms with van der Waals surface area (Å²) < 4.78 is 0. The van der Waals surface area contributed by atoms with Crippen LogP contribution in [0.5, 0.6) is 0 Å². The molecule has 3 aromatic rings. The number of aromatic amines is 1. The Balaban J connectivity index is 1.86. The molecule has 0 aliphatic carbocycles. The summed E-state index contributed by atoms with van der Waals surface area (Å²) in [7, 11) is 0. The van der Waals surface area contributed by atoms with Gasteiger partial charge in [-0.1, -0.05) is 85.3 Å². The Kier molecular flexibility index (Phi) is 6.57. The van der Waals surface area contributed by atoms with Crippen LogP contribution >= 0.6 is 11.8 Å². The lowest BCUT2D eigenvalue weighted by Gasteiger charge is -2.06. The number of thioether (sulfide) groups is 1. The molecular weight excluding hydrogens is 366 g/mol. The fourth-order valence-corrected chi connectivity index (χ4v) is 3.47. The molecule has 2 N–H and O–H groups in total. The van der Waals surface area contributed by atoms with Crippen LogP contribution in [0.1, 0.15) is 25.0 Å². The number of aromatic nitrogens is 2. The Morgan fingerprint density at radius 2 is 1.57 bits per heavy atom. The monoisotopic (exact) mass is 393 g/mol. The predicted octanol–water partition coefficient (Wildman–Crippen LogP) is 5.22. The minimum Gasteiger partial charge on any atom is -0.355 e. The van der Waals surface area contributed by atoms with E-state index in [1.54, 1.807) is 0 Å². The van der Waals surface area contributed by atoms with Crippen LogP contribution in [-0.4, -0.2) is 28.2 Å². The highest BCUT2D eigenvalue weighted by molar-refractivity contribution is 7.99. The van der Waals surface area contributed by atoms with Gasteiger partial charge in [0.15, 0.2) is 5.16 Å². The van der Waals surface area contributed by atoms with Gasteiger partial charge in [-0.3, -0.25) is 4.79 Å². The predicted molar refractivity (Wildman–Crippen MR) is 118 cm³/mol. The summed E-state index contributed by atoms with van der Waals surface area (Å²) in [5.41, 5.74) is 6.48. The molecule has 0 saturated carbocycles. The third-order valence-electron chi connectivity index (χ3n) is 4.39. The van der Waals surface area contributed by atoms with Gasteiger partial charge in [0.05, 0.1) is 17.1 Å². The molecule has 1 heterocycles. The zero-order valence-electron chi connectivity index (χ0n) is 16.9. The average molecular weight is 394 g/mol. The molecule has 0 aliphatic heterocycles. The standard InChI is InChI=1S/C23H27N3OS/c1-15(2)13-24-20(27)14-28-23-25-21(18-9-5-16(3)6-10-18)22(26-23)19-11-7-17(4)8-12-19/h5-12,15H,13-14H2,1-4H3,(H,24,27)(H,25,26). The molecule has 1 aromatic heterocycles. The number of nitrogens with zero attached hydrogens (tertiary/aromatic N) is 1. The van der Waals surface area contributed by atoms with Crippen molar-refractivity contribution in [1.29, 1.82) is 0 Å². The van der Waals surface area contributed by atoms with Crippen molar-refractivity contribution >= 4 is 17.7 Å². The zero-order valence-corrected chi connectivity index (χ0v) is 17.7. The van der Waals surface area contributed by atoms with Gasteiger partial charge in [0, 0.05) is 17.7 Å². The highest BCUT2D eigenvalue weighted by Crippen LogP contribution is 2.33. The summed E-state index contributed by atoms with van der Waals surface area (Å²) in [5, 5.41) is 3.70. The van der Waals surface area contributed by atoms with Crippen molar-refractivity contribution < 1.29 is 4.79 Å². The van der Waals surface area contributed by atoms with Crippen LogP contribution in [0.4, 0.5) is 0 Å². The normalized spacial score (nSPS) is 11.0. The number of rotatable bonds is 7. The molecule has 2 aromatic carbocycles. The number of hydrogen-bond acceptors (Lipinski definition) is 3. The SMILES string of the molecule is Cc1ccc(-c2nc(SCC(=O)NCC(C)C)[nH]c2-c2ccc(C)cc2)cc1. The molecule has 0 unspecified atom stereocenters. The van der Waals surface area contributed by atoms with Crippen LogP contribution in [0.2, 0.25) is 0 Å². The second-order valence-electron chi connectivity index (χ2n) is 7.48. The number of nitrogens with one attached hydrogen (secondary N) is 2. The minimum atomic E-state index is 0.0314. The molecule has 5 heteroatoms. The lowest BCUT2D eigenvalue weighted by molar-refractivity contribution is -0.118. The van der Waals surface area contributed by atoms with Crippen LogP contribution in [-0.2, 0) is 4.79 Å². The molecule has 0 bridgehead atoms. The van der Waals surface area contributed by atoms with Gasteiger partial charge in [-0.15, -0.1) is 0 Å². The minimum absolute atomic E-state index is 0.0314. The van der Waals surface area contributed by atoms with Crippen LogP contribution in [0.3, 0.4) is 0 Å². The van der Waals surface area contributed by atoms with E-state index in [0.29, 0.717) is 18.2 Å². The van der Waals surface area contributed by atoms with E-state index in [1.807, 2.05) is 0 Å². The maximum absolute atomic E-state index is 12.1. The molecule has 0 radical (unpaired) electrons. The van der Waals surface area contributed by atoms with Gasteiger partial charge in [0.25, 0.3) is 0 Å². The first-order chi connectivity index (χ1) is 13.4. The molecule has 3 rings (SSSR count). The van der Waals surface area contributed by atoms with Crippen LogP contribution in [0, 0.1) is 19.8 Å². The number of imidazole rings is 1. The van der Waals surface area contributed by atoms with E-state index in [0.717, 1.165) is 27.7 Å². The Morgan fingerprint density at radius 3 is 2.14 bits per heavy atom. The maximum Gasteiger partial charge on any atom is 0.230 e. The smallest absolute Gasteiger partial charge is 0.230 e. The number of benzene rings is 2. The Hall–Kier alpha value is -2.53. The Morgan fingerprint density at radius 1 is 1.00 bits per heavy atom. The summed E-state index contributed by atoms with van der Waals surface area (Å²) in [6.07, 6.45) is 0. The lowest BCUT2D eigenvalue weighted by atomic mass is 10.0. The molecule has 146 valence electrons. The van der Waals surface area contributed by atoms with Crippen molar-refractivity contribution in [2.24, 2.45) is 5.92 Å². The van der Waals surface area contributed by atoms with E-state index >= 15 is 0 Å². The van der Waals surface area contributed by atoms with Crippen molar-refractivity contribution in [3.8, 4) is 22.5 Å². The molecular formula is C23H27N3OS. The Bertz CT molecular complexity index is 864. The summed E-state index contributed by atoms with van der Waals surface area (Å²) in [4.78, 5) is 20.3. The van der Waals surface area contributed by atoms with E-state index in [1.165, 1.54) is 22.9 Å². The van der Waals surface area contributed by atoms with Gasteiger partial charge in [-0.2, -0.15) is 0 Å². The molecule has 1 amide bonds. The van der Waals surface area contributed by atoms with Crippen LogP contribution in [0.25, 0.3) is 22.5 Å². The van der Waals surface area contributed by atoms with Crippen LogP contribution in [0.15, 0.2) is 53.7 Å². The lowest BCUT2D eigenvalue weighted by Crippen LogP contribution is -2.28. The van der Waals surface area contributed by atoms with E-state index in [-0.39, 0.29) is 5.91 Å². The molecule has 0 aliphatic rings. The number of hydrogen-bond donors (Lipinski definition) is 2. The number of H-pyrrole nitrogens is 1. The van der Waals surface area contributed by atoms with Gasteiger partial charge in [0.1, 0.15) is 0 Å². The molecule has 0 saturated heterocycles. The van der Waals surface area contributed by atoms with Crippen molar-refractivity contribution in [3.63, 3.8) is 0 Å². The first-order valence-electron chi connectivity index (χ1n) is 9.56. The van der Waals surface area contributed by atoms with Gasteiger partial charge in [0.2, 0.25) is 5.91 Å². The summed E-state index contributed by atoms with van der Waals surface area (Å²) in [6, 6.07) is 16.8. The fraction of sp³-hybridized carbons (Fsp3) is 0.304. The third kappa shape index (κ3) is 5.26. The topological polar surface area (TPSA) is 57.8 Å². The van der Waals surface area contributed by atoms with Crippen molar-refractivity contribution in [1.82, 2.24) is 15.3 Å². The quantitative estimate of drug-likeness (QED) is 0.541. The molecule has 4 nitrogen and oxygen atoms in total. The van der Waals surface area contributed by atoms with Gasteiger partial charge in [-0.25, -0.2) is 4.98 Å². The number of amides is 1. The van der Waals surface area contributed by atoms with E-state index < -0.39 is 0 Å². The van der Waals surface area contributed by atoms with Crippen molar-refractivity contribution in [3.05, 3.63) is 59.7 Å². The van der Waals surface area contributed by atoms with Crippen molar-refractivity contribution in [2.75, 3.05) is 12.3 Å². The summed E-state index contributed by atoms with van der Waals surface area (Å²) in [6.45, 7) is 9.02. The summed E-state index contributed by atoms with van der Waals surface area (Å²) >= 11 is 1.43. The number of carbonyl (C=O) groups is 1. The van der Waals surface area contributed by atoms with E-state index in [2.05, 4.69) is 86.5 Å².